The topological polar surface area (TPSA) is 76.0 Å². The lowest BCUT2D eigenvalue weighted by Crippen LogP contribution is -2.42. The van der Waals surface area contributed by atoms with Crippen LogP contribution in [0.2, 0.25) is 5.02 Å². The van der Waals surface area contributed by atoms with Gasteiger partial charge >= 0.3 is 5.97 Å². The Bertz CT molecular complexity index is 686. The summed E-state index contributed by atoms with van der Waals surface area (Å²) >= 11 is 5.90. The maximum absolute atomic E-state index is 11.6. The molecular formula is C18H19ClO5. The molecule has 24 heavy (non-hydrogen) atoms. The average molecular weight is 351 g/mol. The number of carboxylic acid groups (broad SMARTS) is 1. The van der Waals surface area contributed by atoms with E-state index in [-0.39, 0.29) is 18.8 Å². The van der Waals surface area contributed by atoms with Crippen LogP contribution in [-0.2, 0) is 16.1 Å². The molecule has 0 saturated heterocycles. The average Bonchev–Trinajstić information content (AvgIpc) is 2.54. The summed E-state index contributed by atoms with van der Waals surface area (Å²) in [4.78, 5) is 11.6. The van der Waals surface area contributed by atoms with E-state index in [9.17, 15) is 15.0 Å². The van der Waals surface area contributed by atoms with Gasteiger partial charge < -0.3 is 19.7 Å². The first-order valence-corrected chi connectivity index (χ1v) is 7.80. The number of ether oxygens (including phenoxy) is 2. The fraction of sp³-hybridized carbons (Fsp3) is 0.278. The zero-order chi connectivity index (χ0) is 17.6. The van der Waals surface area contributed by atoms with Gasteiger partial charge in [-0.15, -0.1) is 0 Å². The molecular weight excluding hydrogens is 332 g/mol. The van der Waals surface area contributed by atoms with E-state index in [0.717, 1.165) is 5.56 Å². The standard InChI is InChI=1S/C18H19ClO5/c1-18(17(21)22,24-16-7-5-15(20)6-8-16)9-10-23-12-13-3-2-4-14(19)11-13/h2-8,11,20H,9-10,12H2,1H3,(H,21,22). The molecule has 0 aromatic heterocycles. The highest BCUT2D eigenvalue weighted by molar-refractivity contribution is 6.30. The first kappa shape index (κ1) is 18.1. The van der Waals surface area contributed by atoms with Gasteiger partial charge in [0.15, 0.2) is 0 Å². The molecule has 0 heterocycles. The van der Waals surface area contributed by atoms with Crippen LogP contribution in [0.25, 0.3) is 0 Å². The first-order valence-electron chi connectivity index (χ1n) is 7.43. The minimum atomic E-state index is -1.43. The lowest BCUT2D eigenvalue weighted by Gasteiger charge is -2.26. The van der Waals surface area contributed by atoms with Crippen LogP contribution in [-0.4, -0.2) is 28.4 Å². The maximum Gasteiger partial charge on any atom is 0.347 e. The summed E-state index contributed by atoms with van der Waals surface area (Å²) in [7, 11) is 0. The van der Waals surface area contributed by atoms with Crippen molar-refractivity contribution in [3.63, 3.8) is 0 Å². The molecule has 0 aliphatic rings. The molecule has 2 aromatic carbocycles. The predicted molar refractivity (Wildman–Crippen MR) is 90.5 cm³/mol. The largest absolute Gasteiger partial charge is 0.508 e. The van der Waals surface area contributed by atoms with Crippen LogP contribution in [0, 0.1) is 0 Å². The Hall–Kier alpha value is -2.24. The molecule has 0 saturated carbocycles. The molecule has 1 atom stereocenters. The highest BCUT2D eigenvalue weighted by atomic mass is 35.5. The lowest BCUT2D eigenvalue weighted by molar-refractivity contribution is -0.155. The summed E-state index contributed by atoms with van der Waals surface area (Å²) in [5, 5.41) is 19.3. The van der Waals surface area contributed by atoms with Gasteiger partial charge in [0.2, 0.25) is 5.60 Å². The van der Waals surface area contributed by atoms with Gasteiger partial charge in [-0.05, 0) is 48.9 Å². The van der Waals surface area contributed by atoms with Crippen LogP contribution in [0.15, 0.2) is 48.5 Å². The number of aromatic hydroxyl groups is 1. The van der Waals surface area contributed by atoms with Gasteiger partial charge in [-0.2, -0.15) is 0 Å². The van der Waals surface area contributed by atoms with E-state index in [1.807, 2.05) is 12.1 Å². The third kappa shape index (κ3) is 5.15. The van der Waals surface area contributed by atoms with E-state index in [4.69, 9.17) is 21.1 Å². The first-order chi connectivity index (χ1) is 11.4. The molecule has 0 bridgehead atoms. The number of halogens is 1. The number of rotatable bonds is 8. The lowest BCUT2D eigenvalue weighted by atomic mass is 10.0. The number of phenols is 1. The number of aliphatic carboxylic acids is 1. The smallest absolute Gasteiger partial charge is 0.347 e. The maximum atomic E-state index is 11.6. The van der Waals surface area contributed by atoms with Gasteiger partial charge in [0, 0.05) is 11.4 Å². The molecule has 128 valence electrons. The molecule has 0 fully saturated rings. The molecule has 0 radical (unpaired) electrons. The number of phenolic OH excluding ortho intramolecular Hbond substituents is 1. The Kier molecular flexibility index (Phi) is 6.06. The third-order valence-corrected chi connectivity index (χ3v) is 3.75. The van der Waals surface area contributed by atoms with Crippen molar-refractivity contribution in [2.45, 2.75) is 25.6 Å². The molecule has 0 spiro atoms. The third-order valence-electron chi connectivity index (χ3n) is 3.51. The quantitative estimate of drug-likeness (QED) is 0.707. The van der Waals surface area contributed by atoms with E-state index in [2.05, 4.69) is 0 Å². The number of carboxylic acids is 1. The highest BCUT2D eigenvalue weighted by Gasteiger charge is 2.35. The molecule has 1 unspecified atom stereocenters. The second-order valence-electron chi connectivity index (χ2n) is 5.56. The van der Waals surface area contributed by atoms with Gasteiger partial charge in [0.25, 0.3) is 0 Å². The van der Waals surface area contributed by atoms with E-state index < -0.39 is 11.6 Å². The molecule has 2 N–H and O–H groups in total. The van der Waals surface area contributed by atoms with Crippen molar-refractivity contribution in [1.82, 2.24) is 0 Å². The van der Waals surface area contributed by atoms with Gasteiger partial charge in [-0.1, -0.05) is 23.7 Å². The van der Waals surface area contributed by atoms with Crippen molar-refractivity contribution in [3.8, 4) is 11.5 Å². The Morgan fingerprint density at radius 2 is 1.92 bits per heavy atom. The van der Waals surface area contributed by atoms with E-state index in [0.29, 0.717) is 17.4 Å². The summed E-state index contributed by atoms with van der Waals surface area (Å²) in [5.41, 5.74) is -0.510. The fourth-order valence-corrected chi connectivity index (χ4v) is 2.27. The molecule has 0 aliphatic heterocycles. The van der Waals surface area contributed by atoms with Crippen molar-refractivity contribution in [3.05, 3.63) is 59.1 Å². The molecule has 2 rings (SSSR count). The van der Waals surface area contributed by atoms with Crippen molar-refractivity contribution in [1.29, 1.82) is 0 Å². The second kappa shape index (κ2) is 8.04. The van der Waals surface area contributed by atoms with E-state index in [1.54, 1.807) is 12.1 Å². The van der Waals surface area contributed by atoms with Gasteiger partial charge in [-0.25, -0.2) is 4.79 Å². The number of carbonyl (C=O) groups is 1. The molecule has 5 nitrogen and oxygen atoms in total. The Morgan fingerprint density at radius 3 is 2.54 bits per heavy atom. The zero-order valence-corrected chi connectivity index (χ0v) is 14.0. The Balaban J connectivity index is 1.90. The molecule has 0 amide bonds. The van der Waals surface area contributed by atoms with E-state index >= 15 is 0 Å². The summed E-state index contributed by atoms with van der Waals surface area (Å²) in [6.07, 6.45) is 0.170. The van der Waals surface area contributed by atoms with Crippen LogP contribution < -0.4 is 4.74 Å². The SMILES string of the molecule is CC(CCOCc1cccc(Cl)c1)(Oc1ccc(O)cc1)C(=O)O. The summed E-state index contributed by atoms with van der Waals surface area (Å²) in [5.74, 6) is -0.626. The second-order valence-corrected chi connectivity index (χ2v) is 6.00. The highest BCUT2D eigenvalue weighted by Crippen LogP contribution is 2.24. The van der Waals surface area contributed by atoms with Crippen molar-refractivity contribution >= 4 is 17.6 Å². The summed E-state index contributed by atoms with van der Waals surface area (Å²) < 4.78 is 11.1. The summed E-state index contributed by atoms with van der Waals surface area (Å²) in [6.45, 7) is 2.05. The number of benzene rings is 2. The fourth-order valence-electron chi connectivity index (χ4n) is 2.06. The van der Waals surface area contributed by atoms with Crippen molar-refractivity contribution in [2.75, 3.05) is 6.61 Å². The van der Waals surface area contributed by atoms with Crippen LogP contribution in [0.3, 0.4) is 0 Å². The van der Waals surface area contributed by atoms with Crippen LogP contribution in [0.5, 0.6) is 11.5 Å². The normalized spacial score (nSPS) is 13.2. The van der Waals surface area contributed by atoms with Gasteiger partial charge in [0.05, 0.1) is 13.2 Å². The predicted octanol–water partition coefficient (Wildman–Crippen LogP) is 3.87. The Labute approximate surface area is 145 Å². The molecule has 2 aromatic rings. The van der Waals surface area contributed by atoms with Crippen LogP contribution >= 0.6 is 11.6 Å². The molecule has 6 heteroatoms. The van der Waals surface area contributed by atoms with Gasteiger partial charge in [-0.3, -0.25) is 0 Å². The van der Waals surface area contributed by atoms with Gasteiger partial charge in [0.1, 0.15) is 11.5 Å². The van der Waals surface area contributed by atoms with Crippen LogP contribution in [0.4, 0.5) is 0 Å². The molecule has 0 aliphatic carbocycles. The zero-order valence-electron chi connectivity index (χ0n) is 13.2. The van der Waals surface area contributed by atoms with E-state index in [1.165, 1.54) is 31.2 Å². The van der Waals surface area contributed by atoms with Crippen molar-refractivity contribution in [2.24, 2.45) is 0 Å². The van der Waals surface area contributed by atoms with Crippen molar-refractivity contribution < 1.29 is 24.5 Å². The number of hydrogen-bond donors (Lipinski definition) is 2. The summed E-state index contributed by atoms with van der Waals surface area (Å²) in [6, 6.07) is 13.2. The number of hydrogen-bond acceptors (Lipinski definition) is 4. The Morgan fingerprint density at radius 1 is 1.21 bits per heavy atom. The monoisotopic (exact) mass is 350 g/mol. The minimum absolute atomic E-state index is 0.0873. The van der Waals surface area contributed by atoms with Crippen LogP contribution in [0.1, 0.15) is 18.9 Å². The minimum Gasteiger partial charge on any atom is -0.508 e.